The molecule has 0 N–H and O–H groups in total. The van der Waals surface area contributed by atoms with Crippen molar-refractivity contribution < 1.29 is 14.1 Å². The molecule has 1 aliphatic rings. The van der Waals surface area contributed by atoms with Gasteiger partial charge in [-0.15, -0.1) is 0 Å². The van der Waals surface area contributed by atoms with Crippen LogP contribution in [0.5, 0.6) is 0 Å². The van der Waals surface area contributed by atoms with E-state index in [1.165, 1.54) is 0 Å². The van der Waals surface area contributed by atoms with E-state index in [-0.39, 0.29) is 24.1 Å². The minimum Gasteiger partial charge on any atom is -0.403 e. The normalized spacial score (nSPS) is 22.2. The van der Waals surface area contributed by atoms with Gasteiger partial charge in [0.15, 0.2) is 0 Å². The van der Waals surface area contributed by atoms with Gasteiger partial charge < -0.3 is 14.1 Å². The molecular weight excluding hydrogens is 239 g/mol. The van der Waals surface area contributed by atoms with Gasteiger partial charge in [0.25, 0.3) is 0 Å². The molecule has 1 fully saturated rings. The number of rotatable bonds is 4. The predicted octanol–water partition coefficient (Wildman–Crippen LogP) is 2.99. The van der Waals surface area contributed by atoms with Crippen LogP contribution in [-0.4, -0.2) is 24.6 Å². The molecule has 0 aliphatic carbocycles. The Balaban J connectivity index is 2.25. The van der Waals surface area contributed by atoms with E-state index in [4.69, 9.17) is 9.31 Å². The van der Waals surface area contributed by atoms with Gasteiger partial charge >= 0.3 is 7.12 Å². The summed E-state index contributed by atoms with van der Waals surface area (Å²) in [6, 6.07) is 9.93. The van der Waals surface area contributed by atoms with Crippen molar-refractivity contribution in [2.45, 2.75) is 51.1 Å². The minimum atomic E-state index is -0.377. The van der Waals surface area contributed by atoms with Crippen molar-refractivity contribution in [3.63, 3.8) is 0 Å². The molecule has 1 saturated heterocycles. The molecule has 0 aromatic heterocycles. The van der Waals surface area contributed by atoms with E-state index in [9.17, 15) is 4.79 Å². The number of benzene rings is 1. The van der Waals surface area contributed by atoms with Crippen LogP contribution in [0, 0.1) is 0 Å². The smallest absolute Gasteiger partial charge is 0.403 e. The molecule has 1 aromatic rings. The van der Waals surface area contributed by atoms with Crippen molar-refractivity contribution in [3.8, 4) is 0 Å². The summed E-state index contributed by atoms with van der Waals surface area (Å²) in [4.78, 5) is 11.0. The molecule has 19 heavy (non-hydrogen) atoms. The molecule has 0 spiro atoms. The molecule has 1 atom stereocenters. The second-order valence-electron chi connectivity index (χ2n) is 6.04. The summed E-state index contributed by atoms with van der Waals surface area (Å²) in [5.74, 6) is -0.0558. The molecule has 1 aromatic carbocycles. The summed E-state index contributed by atoms with van der Waals surface area (Å²) in [7, 11) is -0.377. The van der Waals surface area contributed by atoms with E-state index in [2.05, 4.69) is 0 Å². The van der Waals surface area contributed by atoms with E-state index >= 15 is 0 Å². The van der Waals surface area contributed by atoms with Crippen molar-refractivity contribution in [2.75, 3.05) is 0 Å². The highest BCUT2D eigenvalue weighted by atomic mass is 16.7. The van der Waals surface area contributed by atoms with Gasteiger partial charge in [0.1, 0.15) is 6.29 Å². The molecule has 0 radical (unpaired) electrons. The molecular formula is C15H21BO3. The second-order valence-corrected chi connectivity index (χ2v) is 6.04. The fourth-order valence-corrected chi connectivity index (χ4v) is 2.26. The summed E-state index contributed by atoms with van der Waals surface area (Å²) in [6.07, 6.45) is 1.34. The quantitative estimate of drug-likeness (QED) is 0.616. The Hall–Kier alpha value is -1.13. The number of carbonyl (C=O) groups excluding carboxylic acids is 1. The highest BCUT2D eigenvalue weighted by Crippen LogP contribution is 2.41. The zero-order chi connectivity index (χ0) is 14.1. The molecule has 1 unspecified atom stereocenters. The van der Waals surface area contributed by atoms with E-state index < -0.39 is 0 Å². The van der Waals surface area contributed by atoms with Gasteiger partial charge in [-0.3, -0.25) is 0 Å². The first-order valence-electron chi connectivity index (χ1n) is 6.71. The SMILES string of the molecule is CC1(C)OB(C(CC=O)c2ccccc2)OC1(C)C. The van der Waals surface area contributed by atoms with E-state index in [0.29, 0.717) is 6.42 Å². The largest absolute Gasteiger partial charge is 0.466 e. The lowest BCUT2D eigenvalue weighted by Gasteiger charge is -2.32. The van der Waals surface area contributed by atoms with Crippen LogP contribution in [0.25, 0.3) is 0 Å². The Morgan fingerprint density at radius 3 is 2.11 bits per heavy atom. The van der Waals surface area contributed by atoms with Gasteiger partial charge in [0, 0.05) is 12.2 Å². The van der Waals surface area contributed by atoms with Crippen LogP contribution in [0.2, 0.25) is 0 Å². The monoisotopic (exact) mass is 260 g/mol. The zero-order valence-corrected chi connectivity index (χ0v) is 12.1. The third-order valence-corrected chi connectivity index (χ3v) is 4.18. The van der Waals surface area contributed by atoms with E-state index in [1.807, 2.05) is 58.0 Å². The van der Waals surface area contributed by atoms with Crippen molar-refractivity contribution in [1.29, 1.82) is 0 Å². The highest BCUT2D eigenvalue weighted by Gasteiger charge is 2.53. The van der Waals surface area contributed by atoms with Crippen molar-refractivity contribution in [2.24, 2.45) is 0 Å². The average Bonchev–Trinajstić information content (AvgIpc) is 2.56. The first-order chi connectivity index (χ1) is 8.87. The topological polar surface area (TPSA) is 35.5 Å². The molecule has 3 nitrogen and oxygen atoms in total. The Labute approximate surface area is 115 Å². The lowest BCUT2D eigenvalue weighted by Crippen LogP contribution is -2.41. The molecule has 0 saturated carbocycles. The third-order valence-electron chi connectivity index (χ3n) is 4.18. The summed E-state index contributed by atoms with van der Waals surface area (Å²) in [6.45, 7) is 8.10. The maximum absolute atomic E-state index is 11.0. The van der Waals surface area contributed by atoms with Crippen molar-refractivity contribution in [1.82, 2.24) is 0 Å². The highest BCUT2D eigenvalue weighted by molar-refractivity contribution is 6.48. The first-order valence-corrected chi connectivity index (χ1v) is 6.71. The Morgan fingerprint density at radius 2 is 1.63 bits per heavy atom. The number of aldehydes is 1. The average molecular weight is 260 g/mol. The standard InChI is InChI=1S/C15H21BO3/c1-14(2)15(3,4)19-16(18-14)13(10-11-17)12-8-6-5-7-9-12/h5-9,11,13H,10H2,1-4H3. The molecule has 4 heteroatoms. The fourth-order valence-electron chi connectivity index (χ4n) is 2.26. The third kappa shape index (κ3) is 2.75. The zero-order valence-electron chi connectivity index (χ0n) is 12.1. The van der Waals surface area contributed by atoms with Crippen LogP contribution in [0.15, 0.2) is 30.3 Å². The summed E-state index contributed by atoms with van der Waals surface area (Å²) in [5, 5.41) is 0. The van der Waals surface area contributed by atoms with Crippen LogP contribution in [0.4, 0.5) is 0 Å². The van der Waals surface area contributed by atoms with Gasteiger partial charge in [0.2, 0.25) is 0 Å². The van der Waals surface area contributed by atoms with Crippen LogP contribution < -0.4 is 0 Å². The minimum absolute atomic E-state index is 0.0558. The molecule has 1 aliphatic heterocycles. The van der Waals surface area contributed by atoms with Gasteiger partial charge in [-0.05, 0) is 33.3 Å². The van der Waals surface area contributed by atoms with Gasteiger partial charge in [0.05, 0.1) is 11.2 Å². The van der Waals surface area contributed by atoms with Crippen LogP contribution in [-0.2, 0) is 14.1 Å². The van der Waals surface area contributed by atoms with Crippen LogP contribution >= 0.6 is 0 Å². The Morgan fingerprint density at radius 1 is 1.11 bits per heavy atom. The van der Waals surface area contributed by atoms with Crippen molar-refractivity contribution >= 4 is 13.4 Å². The van der Waals surface area contributed by atoms with Crippen LogP contribution in [0.3, 0.4) is 0 Å². The van der Waals surface area contributed by atoms with Crippen LogP contribution in [0.1, 0.15) is 45.5 Å². The number of hydrogen-bond acceptors (Lipinski definition) is 3. The van der Waals surface area contributed by atoms with Gasteiger partial charge in [-0.2, -0.15) is 0 Å². The Bertz CT molecular complexity index is 426. The summed E-state index contributed by atoms with van der Waals surface area (Å²) >= 11 is 0. The second kappa shape index (κ2) is 5.10. The predicted molar refractivity (Wildman–Crippen MR) is 75.9 cm³/mol. The molecule has 0 amide bonds. The van der Waals surface area contributed by atoms with E-state index in [1.54, 1.807) is 0 Å². The summed E-state index contributed by atoms with van der Waals surface area (Å²) in [5.41, 5.74) is 0.342. The number of hydrogen-bond donors (Lipinski definition) is 0. The van der Waals surface area contributed by atoms with E-state index in [0.717, 1.165) is 11.8 Å². The lowest BCUT2D eigenvalue weighted by atomic mass is 9.66. The molecule has 102 valence electrons. The fraction of sp³-hybridized carbons (Fsp3) is 0.533. The number of carbonyl (C=O) groups is 1. The van der Waals surface area contributed by atoms with Gasteiger partial charge in [-0.25, -0.2) is 0 Å². The maximum atomic E-state index is 11.0. The molecule has 1 heterocycles. The molecule has 2 rings (SSSR count). The molecule has 0 bridgehead atoms. The van der Waals surface area contributed by atoms with Crippen molar-refractivity contribution in [3.05, 3.63) is 35.9 Å². The summed E-state index contributed by atoms with van der Waals surface area (Å²) < 4.78 is 12.1. The first kappa shape index (κ1) is 14.3. The maximum Gasteiger partial charge on any atom is 0.466 e. The van der Waals surface area contributed by atoms with Gasteiger partial charge in [-0.1, -0.05) is 30.3 Å². The Kier molecular flexibility index (Phi) is 3.84. The lowest BCUT2D eigenvalue weighted by molar-refractivity contribution is -0.108.